The van der Waals surface area contributed by atoms with E-state index in [-0.39, 0.29) is 11.2 Å². The van der Waals surface area contributed by atoms with Gasteiger partial charge in [-0.15, -0.1) is 21.5 Å². The SMILES string of the molecule is CC(Sc1nncs1)C(=O)Nc1ccccc1N1CCc2sccc2C1. The van der Waals surface area contributed by atoms with Crippen molar-refractivity contribution in [2.45, 2.75) is 29.5 Å². The lowest BCUT2D eigenvalue weighted by atomic mass is 10.1. The van der Waals surface area contributed by atoms with Crippen LogP contribution in [-0.2, 0) is 17.8 Å². The van der Waals surface area contributed by atoms with Crippen molar-refractivity contribution in [2.75, 3.05) is 16.8 Å². The summed E-state index contributed by atoms with van der Waals surface area (Å²) in [5.74, 6) is -0.0223. The first kappa shape index (κ1) is 17.5. The minimum absolute atomic E-state index is 0.0223. The van der Waals surface area contributed by atoms with Crippen molar-refractivity contribution in [2.24, 2.45) is 0 Å². The number of carbonyl (C=O) groups is 1. The predicted octanol–water partition coefficient (Wildman–Crippen LogP) is 4.28. The smallest absolute Gasteiger partial charge is 0.237 e. The molecule has 2 aromatic heterocycles. The first-order valence-corrected chi connectivity index (χ1v) is 11.0. The molecule has 0 fully saturated rings. The first-order chi connectivity index (χ1) is 12.7. The Morgan fingerprint density at radius 1 is 1.31 bits per heavy atom. The van der Waals surface area contributed by atoms with Crippen LogP contribution in [0.4, 0.5) is 11.4 Å². The molecular weight excluding hydrogens is 384 g/mol. The fraction of sp³-hybridized carbons (Fsp3) is 0.278. The lowest BCUT2D eigenvalue weighted by Crippen LogP contribution is -2.31. The van der Waals surface area contributed by atoms with E-state index in [1.807, 2.05) is 36.5 Å². The van der Waals surface area contributed by atoms with E-state index in [0.29, 0.717) is 0 Å². The van der Waals surface area contributed by atoms with E-state index in [0.717, 1.165) is 35.2 Å². The number of carbonyl (C=O) groups excluding carboxylic acids is 1. The number of rotatable bonds is 5. The number of aromatic nitrogens is 2. The topological polar surface area (TPSA) is 58.1 Å². The maximum atomic E-state index is 12.6. The average molecular weight is 403 g/mol. The second-order valence-corrected chi connectivity index (χ2v) is 9.43. The fourth-order valence-electron chi connectivity index (χ4n) is 2.96. The molecule has 1 atom stereocenters. The molecule has 1 aliphatic rings. The molecule has 1 aromatic carbocycles. The van der Waals surface area contributed by atoms with Gasteiger partial charge >= 0.3 is 0 Å². The van der Waals surface area contributed by atoms with Crippen LogP contribution in [0.2, 0.25) is 0 Å². The zero-order chi connectivity index (χ0) is 17.9. The van der Waals surface area contributed by atoms with E-state index < -0.39 is 0 Å². The molecular formula is C18H18N4OS3. The van der Waals surface area contributed by atoms with E-state index in [9.17, 15) is 4.79 Å². The minimum Gasteiger partial charge on any atom is -0.365 e. The first-order valence-electron chi connectivity index (χ1n) is 8.33. The summed E-state index contributed by atoms with van der Waals surface area (Å²) >= 11 is 4.71. The maximum Gasteiger partial charge on any atom is 0.237 e. The number of para-hydroxylation sites is 2. The van der Waals surface area contributed by atoms with E-state index in [2.05, 4.69) is 37.9 Å². The lowest BCUT2D eigenvalue weighted by molar-refractivity contribution is -0.115. The largest absolute Gasteiger partial charge is 0.365 e. The summed E-state index contributed by atoms with van der Waals surface area (Å²) in [6, 6.07) is 10.2. The van der Waals surface area contributed by atoms with Gasteiger partial charge in [0.25, 0.3) is 0 Å². The molecule has 1 amide bonds. The Morgan fingerprint density at radius 2 is 2.19 bits per heavy atom. The van der Waals surface area contributed by atoms with Crippen LogP contribution in [0.25, 0.3) is 0 Å². The Bertz CT molecular complexity index is 893. The zero-order valence-corrected chi connectivity index (χ0v) is 16.7. The number of hydrogen-bond donors (Lipinski definition) is 1. The van der Waals surface area contributed by atoms with Gasteiger partial charge in [-0.2, -0.15) is 0 Å². The Labute approximate surface area is 164 Å². The second-order valence-electron chi connectivity index (χ2n) is 6.01. The van der Waals surface area contributed by atoms with Crippen LogP contribution >= 0.6 is 34.4 Å². The summed E-state index contributed by atoms with van der Waals surface area (Å²) in [4.78, 5) is 16.5. The number of thioether (sulfide) groups is 1. The highest BCUT2D eigenvalue weighted by atomic mass is 32.2. The van der Waals surface area contributed by atoms with Crippen LogP contribution < -0.4 is 10.2 Å². The van der Waals surface area contributed by atoms with Gasteiger partial charge in [0.1, 0.15) is 5.51 Å². The average Bonchev–Trinajstić information content (AvgIpc) is 3.33. The number of thiophene rings is 1. The molecule has 134 valence electrons. The molecule has 3 aromatic rings. The van der Waals surface area contributed by atoms with Gasteiger partial charge < -0.3 is 10.2 Å². The zero-order valence-electron chi connectivity index (χ0n) is 14.2. The highest BCUT2D eigenvalue weighted by Crippen LogP contribution is 2.33. The van der Waals surface area contributed by atoms with Crippen LogP contribution in [-0.4, -0.2) is 27.9 Å². The third kappa shape index (κ3) is 3.77. The number of fused-ring (bicyclic) bond motifs is 1. The minimum atomic E-state index is -0.235. The van der Waals surface area contributed by atoms with Gasteiger partial charge in [-0.05, 0) is 42.5 Å². The molecule has 0 bridgehead atoms. The molecule has 3 heterocycles. The highest BCUT2D eigenvalue weighted by Gasteiger charge is 2.22. The summed E-state index contributed by atoms with van der Waals surface area (Å²) in [7, 11) is 0. The molecule has 0 saturated carbocycles. The highest BCUT2D eigenvalue weighted by molar-refractivity contribution is 8.02. The van der Waals surface area contributed by atoms with Gasteiger partial charge in [-0.25, -0.2) is 0 Å². The number of anilines is 2. The Kier molecular flexibility index (Phi) is 5.23. The van der Waals surface area contributed by atoms with Crippen molar-refractivity contribution in [3.8, 4) is 0 Å². The van der Waals surface area contributed by atoms with Crippen LogP contribution in [0.1, 0.15) is 17.4 Å². The van der Waals surface area contributed by atoms with Crippen molar-refractivity contribution in [3.63, 3.8) is 0 Å². The number of benzene rings is 1. The Morgan fingerprint density at radius 3 is 3.04 bits per heavy atom. The lowest BCUT2D eigenvalue weighted by Gasteiger charge is -2.31. The number of amides is 1. The van der Waals surface area contributed by atoms with Crippen molar-refractivity contribution < 1.29 is 4.79 Å². The van der Waals surface area contributed by atoms with E-state index in [4.69, 9.17) is 0 Å². The van der Waals surface area contributed by atoms with Crippen molar-refractivity contribution in [3.05, 3.63) is 51.7 Å². The maximum absolute atomic E-state index is 12.6. The van der Waals surface area contributed by atoms with Crippen LogP contribution in [0.5, 0.6) is 0 Å². The summed E-state index contributed by atoms with van der Waals surface area (Å²) in [5, 5.41) is 12.8. The molecule has 5 nitrogen and oxygen atoms in total. The van der Waals surface area contributed by atoms with E-state index in [1.54, 1.807) is 5.51 Å². The molecule has 0 saturated heterocycles. The summed E-state index contributed by atoms with van der Waals surface area (Å²) in [6.07, 6.45) is 1.05. The number of nitrogens with zero attached hydrogens (tertiary/aromatic N) is 3. The molecule has 0 aliphatic carbocycles. The predicted molar refractivity (Wildman–Crippen MR) is 109 cm³/mol. The molecule has 4 rings (SSSR count). The molecule has 8 heteroatoms. The van der Waals surface area contributed by atoms with Gasteiger partial charge in [0.05, 0.1) is 16.6 Å². The van der Waals surface area contributed by atoms with Crippen LogP contribution in [0.15, 0.2) is 45.6 Å². The van der Waals surface area contributed by atoms with Gasteiger partial charge in [0, 0.05) is 18.0 Å². The van der Waals surface area contributed by atoms with E-state index in [1.165, 1.54) is 33.5 Å². The standard InChI is InChI=1S/C18H18N4OS3/c1-12(26-18-21-19-11-25-18)17(23)20-14-4-2-3-5-15(14)22-8-6-16-13(10-22)7-9-24-16/h2-5,7,9,11-12H,6,8,10H2,1H3,(H,20,23). The van der Waals surface area contributed by atoms with Gasteiger partial charge in [-0.1, -0.05) is 35.2 Å². The molecule has 1 N–H and O–H groups in total. The molecule has 1 aliphatic heterocycles. The molecule has 0 radical (unpaired) electrons. The molecule has 0 spiro atoms. The Balaban J connectivity index is 1.48. The van der Waals surface area contributed by atoms with Gasteiger partial charge in [0.2, 0.25) is 5.91 Å². The van der Waals surface area contributed by atoms with Crippen LogP contribution in [0.3, 0.4) is 0 Å². The second kappa shape index (κ2) is 7.77. The number of nitrogens with one attached hydrogen (secondary N) is 1. The quantitative estimate of drug-likeness (QED) is 0.646. The summed E-state index contributed by atoms with van der Waals surface area (Å²) in [5.41, 5.74) is 5.01. The van der Waals surface area contributed by atoms with Crippen molar-refractivity contribution in [1.82, 2.24) is 10.2 Å². The third-order valence-electron chi connectivity index (χ3n) is 4.30. The third-order valence-corrected chi connectivity index (χ3v) is 7.23. The van der Waals surface area contributed by atoms with Crippen molar-refractivity contribution >= 4 is 51.7 Å². The van der Waals surface area contributed by atoms with Gasteiger partial charge in [0.15, 0.2) is 4.34 Å². The fourth-order valence-corrected chi connectivity index (χ4v) is 5.48. The summed E-state index contributed by atoms with van der Waals surface area (Å²) in [6.45, 7) is 3.75. The molecule has 26 heavy (non-hydrogen) atoms. The van der Waals surface area contributed by atoms with Crippen LogP contribution in [0, 0.1) is 0 Å². The van der Waals surface area contributed by atoms with Gasteiger partial charge in [-0.3, -0.25) is 4.79 Å². The van der Waals surface area contributed by atoms with Crippen molar-refractivity contribution in [1.29, 1.82) is 0 Å². The van der Waals surface area contributed by atoms with E-state index >= 15 is 0 Å². The summed E-state index contributed by atoms with van der Waals surface area (Å²) < 4.78 is 0.807. The Hall–Kier alpha value is -1.90. The number of hydrogen-bond acceptors (Lipinski definition) is 7. The monoisotopic (exact) mass is 402 g/mol. The normalized spacial score (nSPS) is 14.7. The molecule has 1 unspecified atom stereocenters.